The summed E-state index contributed by atoms with van der Waals surface area (Å²) in [6, 6.07) is 10.8. The lowest BCUT2D eigenvalue weighted by molar-refractivity contribution is 0.0936. The summed E-state index contributed by atoms with van der Waals surface area (Å²) in [6.07, 6.45) is 0. The number of aryl methyl sites for hydroxylation is 1. The van der Waals surface area contributed by atoms with E-state index in [-0.39, 0.29) is 16.6 Å². The number of hydrogen-bond acceptors (Lipinski definition) is 5. The first-order valence-electron chi connectivity index (χ1n) is 9.71. The maximum absolute atomic E-state index is 13.1. The molecule has 2 aromatic rings. The fraction of sp³-hybridized carbons (Fsp3) is 0.381. The van der Waals surface area contributed by atoms with Crippen LogP contribution in [0.25, 0.3) is 0 Å². The molecule has 0 atom stereocenters. The van der Waals surface area contributed by atoms with Gasteiger partial charge in [-0.3, -0.25) is 4.79 Å². The predicted octanol–water partition coefficient (Wildman–Crippen LogP) is 2.02. The normalized spacial score (nSPS) is 15.2. The highest BCUT2D eigenvalue weighted by Crippen LogP contribution is 2.23. The zero-order valence-electron chi connectivity index (χ0n) is 17.1. The Morgan fingerprint density at radius 2 is 1.77 bits per heavy atom. The first kappa shape index (κ1) is 22.2. The number of carbonyl (C=O) groups excluding carboxylic acids is 1. The summed E-state index contributed by atoms with van der Waals surface area (Å²) >= 11 is 0. The monoisotopic (exact) mass is 435 g/mol. The highest BCUT2D eigenvalue weighted by Gasteiger charge is 2.29. The quantitative estimate of drug-likeness (QED) is 0.674. The number of rotatable bonds is 7. The molecule has 1 amide bonds. The molecule has 162 valence electrons. The molecular weight excluding hydrogens is 409 g/mol. The molecule has 1 fully saturated rings. The second-order valence-electron chi connectivity index (χ2n) is 7.09. The van der Waals surface area contributed by atoms with Crippen LogP contribution in [0.1, 0.15) is 15.9 Å². The number of carbonyl (C=O) groups is 1. The Labute approximate surface area is 176 Å². The van der Waals surface area contributed by atoms with E-state index in [4.69, 9.17) is 4.74 Å². The Bertz CT molecular complexity index is 988. The van der Waals surface area contributed by atoms with Crippen LogP contribution < -0.4 is 10.2 Å². The van der Waals surface area contributed by atoms with Gasteiger partial charge in [-0.1, -0.05) is 6.07 Å². The Morgan fingerprint density at radius 3 is 2.40 bits per heavy atom. The summed E-state index contributed by atoms with van der Waals surface area (Å²) in [5.74, 6) is -0.635. The van der Waals surface area contributed by atoms with Gasteiger partial charge >= 0.3 is 0 Å². The lowest BCUT2D eigenvalue weighted by atomic mass is 10.1. The molecular formula is C21H26FN3O4S. The predicted molar refractivity (Wildman–Crippen MR) is 113 cm³/mol. The van der Waals surface area contributed by atoms with E-state index >= 15 is 0 Å². The van der Waals surface area contributed by atoms with Crippen molar-refractivity contribution in [2.24, 2.45) is 0 Å². The molecule has 0 bridgehead atoms. The molecule has 1 aliphatic rings. The van der Waals surface area contributed by atoms with E-state index < -0.39 is 10.0 Å². The van der Waals surface area contributed by atoms with E-state index in [1.165, 1.54) is 28.6 Å². The van der Waals surface area contributed by atoms with Crippen LogP contribution in [0, 0.1) is 12.7 Å². The topological polar surface area (TPSA) is 78.9 Å². The smallest absolute Gasteiger partial charge is 0.251 e. The number of anilines is 1. The molecule has 30 heavy (non-hydrogen) atoms. The van der Waals surface area contributed by atoms with E-state index in [0.717, 1.165) is 5.69 Å². The number of nitrogens with zero attached hydrogens (tertiary/aromatic N) is 2. The third-order valence-corrected chi connectivity index (χ3v) is 7.01. The third kappa shape index (κ3) is 4.97. The molecule has 1 heterocycles. The Morgan fingerprint density at radius 1 is 1.10 bits per heavy atom. The number of sulfonamides is 1. The van der Waals surface area contributed by atoms with Gasteiger partial charge in [-0.2, -0.15) is 4.31 Å². The Balaban J connectivity index is 1.72. The molecule has 3 rings (SSSR count). The van der Waals surface area contributed by atoms with Crippen molar-refractivity contribution in [3.8, 4) is 0 Å². The van der Waals surface area contributed by atoms with Gasteiger partial charge in [0, 0.05) is 51.1 Å². The van der Waals surface area contributed by atoms with Gasteiger partial charge in [0.2, 0.25) is 10.0 Å². The van der Waals surface area contributed by atoms with Gasteiger partial charge in [-0.25, -0.2) is 12.8 Å². The number of methoxy groups -OCH3 is 1. The highest BCUT2D eigenvalue weighted by molar-refractivity contribution is 7.89. The SMILES string of the molecule is COCCNC(=O)c1cc(S(=O)(=O)N2CCN(c3ccc(F)cc3)CC2)ccc1C. The molecule has 0 saturated carbocycles. The van der Waals surface area contributed by atoms with Gasteiger partial charge in [0.05, 0.1) is 11.5 Å². The Hall–Kier alpha value is -2.49. The standard InChI is InChI=1S/C21H26FN3O4S/c1-16-3-8-19(15-20(16)21(26)23-9-14-29-2)30(27,28)25-12-10-24(11-13-25)18-6-4-17(22)5-7-18/h3-8,15H,9-14H2,1-2H3,(H,23,26). The van der Waals surface area contributed by atoms with Crippen LogP contribution in [-0.4, -0.2) is 65.1 Å². The number of nitrogens with one attached hydrogen (secondary N) is 1. The van der Waals surface area contributed by atoms with Crippen molar-refractivity contribution in [1.29, 1.82) is 0 Å². The molecule has 7 nitrogen and oxygen atoms in total. The van der Waals surface area contributed by atoms with Gasteiger partial charge in [0.15, 0.2) is 0 Å². The van der Waals surface area contributed by atoms with E-state index in [0.29, 0.717) is 50.5 Å². The maximum Gasteiger partial charge on any atom is 0.251 e. The molecule has 9 heteroatoms. The van der Waals surface area contributed by atoms with E-state index in [2.05, 4.69) is 5.32 Å². The van der Waals surface area contributed by atoms with Crippen LogP contribution in [0.4, 0.5) is 10.1 Å². The van der Waals surface area contributed by atoms with Crippen molar-refractivity contribution >= 4 is 21.6 Å². The molecule has 0 radical (unpaired) electrons. The molecule has 2 aromatic carbocycles. The fourth-order valence-electron chi connectivity index (χ4n) is 3.36. The lowest BCUT2D eigenvalue weighted by Gasteiger charge is -2.35. The molecule has 0 spiro atoms. The van der Waals surface area contributed by atoms with Crippen molar-refractivity contribution in [3.63, 3.8) is 0 Å². The number of ether oxygens (including phenoxy) is 1. The molecule has 1 saturated heterocycles. The molecule has 0 unspecified atom stereocenters. The number of hydrogen-bond donors (Lipinski definition) is 1. The first-order valence-corrected chi connectivity index (χ1v) is 11.2. The lowest BCUT2D eigenvalue weighted by Crippen LogP contribution is -2.48. The first-order chi connectivity index (χ1) is 14.3. The fourth-order valence-corrected chi connectivity index (χ4v) is 4.80. The van der Waals surface area contributed by atoms with Gasteiger partial charge in [0.1, 0.15) is 5.82 Å². The van der Waals surface area contributed by atoms with Crippen LogP contribution in [0.5, 0.6) is 0 Å². The zero-order valence-corrected chi connectivity index (χ0v) is 17.9. The van der Waals surface area contributed by atoms with Gasteiger partial charge in [-0.05, 0) is 48.9 Å². The van der Waals surface area contributed by atoms with Crippen LogP contribution in [0.15, 0.2) is 47.4 Å². The number of piperazine rings is 1. The second kappa shape index (κ2) is 9.55. The van der Waals surface area contributed by atoms with Crippen LogP contribution >= 0.6 is 0 Å². The molecule has 0 aromatic heterocycles. The van der Waals surface area contributed by atoms with E-state index in [9.17, 15) is 17.6 Å². The van der Waals surface area contributed by atoms with Crippen molar-refractivity contribution < 1.29 is 22.3 Å². The molecule has 0 aliphatic carbocycles. The molecule has 1 aliphatic heterocycles. The minimum absolute atomic E-state index is 0.0974. The third-order valence-electron chi connectivity index (χ3n) is 5.11. The highest BCUT2D eigenvalue weighted by atomic mass is 32.2. The maximum atomic E-state index is 13.1. The van der Waals surface area contributed by atoms with Crippen LogP contribution in [-0.2, 0) is 14.8 Å². The number of amides is 1. The largest absolute Gasteiger partial charge is 0.383 e. The number of halogens is 1. The van der Waals surface area contributed by atoms with Crippen molar-refractivity contribution in [1.82, 2.24) is 9.62 Å². The van der Waals surface area contributed by atoms with Gasteiger partial charge < -0.3 is 15.0 Å². The zero-order chi connectivity index (χ0) is 21.7. The molecule has 1 N–H and O–H groups in total. The van der Waals surface area contributed by atoms with Crippen molar-refractivity contribution in [3.05, 3.63) is 59.4 Å². The summed E-state index contributed by atoms with van der Waals surface area (Å²) in [5, 5.41) is 2.72. The Kier molecular flexibility index (Phi) is 7.06. The van der Waals surface area contributed by atoms with Crippen molar-refractivity contribution in [2.75, 3.05) is 51.3 Å². The summed E-state index contributed by atoms with van der Waals surface area (Å²) in [5.41, 5.74) is 1.89. The summed E-state index contributed by atoms with van der Waals surface area (Å²) in [6.45, 7) is 4.11. The van der Waals surface area contributed by atoms with Gasteiger partial charge in [0.25, 0.3) is 5.91 Å². The number of benzene rings is 2. The summed E-state index contributed by atoms with van der Waals surface area (Å²) in [4.78, 5) is 14.5. The second-order valence-corrected chi connectivity index (χ2v) is 9.03. The summed E-state index contributed by atoms with van der Waals surface area (Å²) < 4.78 is 45.7. The summed E-state index contributed by atoms with van der Waals surface area (Å²) in [7, 11) is -2.19. The average molecular weight is 436 g/mol. The van der Waals surface area contributed by atoms with E-state index in [1.54, 1.807) is 32.2 Å². The average Bonchev–Trinajstić information content (AvgIpc) is 2.74. The minimum atomic E-state index is -3.73. The van der Waals surface area contributed by atoms with E-state index in [1.807, 2.05) is 4.90 Å². The van der Waals surface area contributed by atoms with Crippen LogP contribution in [0.2, 0.25) is 0 Å². The van der Waals surface area contributed by atoms with Crippen molar-refractivity contribution in [2.45, 2.75) is 11.8 Å². The van der Waals surface area contributed by atoms with Gasteiger partial charge in [-0.15, -0.1) is 0 Å². The van der Waals surface area contributed by atoms with Crippen LogP contribution in [0.3, 0.4) is 0 Å². The minimum Gasteiger partial charge on any atom is -0.383 e.